The SMILES string of the molecule is CC1(C)COC(=O)C(c2cccc(F)c2)=N1. The second kappa shape index (κ2) is 3.70. The van der Waals surface area contributed by atoms with E-state index in [0.717, 1.165) is 0 Å². The average Bonchev–Trinajstić information content (AvgIpc) is 2.22. The number of hydrogen-bond acceptors (Lipinski definition) is 3. The molecule has 1 aliphatic rings. The molecule has 0 saturated carbocycles. The van der Waals surface area contributed by atoms with Crippen LogP contribution in [0.3, 0.4) is 0 Å². The second-order valence-electron chi connectivity index (χ2n) is 4.36. The van der Waals surface area contributed by atoms with E-state index in [1.54, 1.807) is 12.1 Å². The quantitative estimate of drug-likeness (QED) is 0.680. The standard InChI is InChI=1S/C12H12FNO2/c1-12(2)7-16-11(15)10(14-12)8-4-3-5-9(13)6-8/h3-6H,7H2,1-2H3. The van der Waals surface area contributed by atoms with E-state index in [-0.39, 0.29) is 12.3 Å². The minimum absolute atomic E-state index is 0.191. The number of nitrogens with zero attached hydrogens (tertiary/aromatic N) is 1. The first-order chi connectivity index (χ1) is 7.48. The van der Waals surface area contributed by atoms with Crippen molar-refractivity contribution < 1.29 is 13.9 Å². The van der Waals surface area contributed by atoms with Gasteiger partial charge in [-0.25, -0.2) is 9.18 Å². The van der Waals surface area contributed by atoms with Crippen LogP contribution in [-0.4, -0.2) is 23.8 Å². The summed E-state index contributed by atoms with van der Waals surface area (Å²) in [5, 5.41) is 0. The largest absolute Gasteiger partial charge is 0.458 e. The Morgan fingerprint density at radius 2 is 2.19 bits per heavy atom. The van der Waals surface area contributed by atoms with Gasteiger partial charge in [0.1, 0.15) is 12.4 Å². The monoisotopic (exact) mass is 221 g/mol. The minimum Gasteiger partial charge on any atom is -0.458 e. The molecule has 0 unspecified atom stereocenters. The molecule has 0 radical (unpaired) electrons. The average molecular weight is 221 g/mol. The van der Waals surface area contributed by atoms with E-state index >= 15 is 0 Å². The van der Waals surface area contributed by atoms with E-state index in [2.05, 4.69) is 4.99 Å². The van der Waals surface area contributed by atoms with Gasteiger partial charge in [-0.05, 0) is 26.0 Å². The van der Waals surface area contributed by atoms with E-state index < -0.39 is 17.3 Å². The Morgan fingerprint density at radius 3 is 2.88 bits per heavy atom. The van der Waals surface area contributed by atoms with Gasteiger partial charge in [-0.15, -0.1) is 0 Å². The molecule has 0 aromatic heterocycles. The third-order valence-corrected chi connectivity index (χ3v) is 2.26. The molecule has 1 aromatic carbocycles. The summed E-state index contributed by atoms with van der Waals surface area (Å²) in [5.74, 6) is -0.888. The highest BCUT2D eigenvalue weighted by atomic mass is 19.1. The topological polar surface area (TPSA) is 38.7 Å². The molecule has 16 heavy (non-hydrogen) atoms. The van der Waals surface area contributed by atoms with Crippen molar-refractivity contribution in [2.75, 3.05) is 6.61 Å². The molecule has 3 nitrogen and oxygen atoms in total. The van der Waals surface area contributed by atoms with Crippen LogP contribution in [0.25, 0.3) is 0 Å². The van der Waals surface area contributed by atoms with Crippen LogP contribution in [0.2, 0.25) is 0 Å². The van der Waals surface area contributed by atoms with Crippen LogP contribution in [0.5, 0.6) is 0 Å². The molecule has 2 rings (SSSR count). The predicted molar refractivity (Wildman–Crippen MR) is 58.0 cm³/mol. The van der Waals surface area contributed by atoms with E-state index in [1.807, 2.05) is 13.8 Å². The van der Waals surface area contributed by atoms with Crippen molar-refractivity contribution in [1.29, 1.82) is 0 Å². The molecule has 0 fully saturated rings. The first kappa shape index (κ1) is 10.8. The summed E-state index contributed by atoms with van der Waals surface area (Å²) in [7, 11) is 0. The Hall–Kier alpha value is -1.71. The first-order valence-corrected chi connectivity index (χ1v) is 5.01. The van der Waals surface area contributed by atoms with Gasteiger partial charge >= 0.3 is 5.97 Å². The van der Waals surface area contributed by atoms with Gasteiger partial charge < -0.3 is 4.74 Å². The third-order valence-electron chi connectivity index (χ3n) is 2.26. The zero-order valence-corrected chi connectivity index (χ0v) is 9.16. The molecule has 0 atom stereocenters. The number of ether oxygens (including phenoxy) is 1. The lowest BCUT2D eigenvalue weighted by atomic mass is 10.0. The molecular weight excluding hydrogens is 209 g/mol. The van der Waals surface area contributed by atoms with E-state index in [9.17, 15) is 9.18 Å². The Kier molecular flexibility index (Phi) is 2.50. The maximum absolute atomic E-state index is 13.0. The maximum Gasteiger partial charge on any atom is 0.357 e. The molecule has 1 aliphatic heterocycles. The van der Waals surface area contributed by atoms with Crippen molar-refractivity contribution in [1.82, 2.24) is 0 Å². The van der Waals surface area contributed by atoms with Crippen LogP contribution in [0.15, 0.2) is 29.3 Å². The van der Waals surface area contributed by atoms with Crippen molar-refractivity contribution in [2.24, 2.45) is 4.99 Å². The Morgan fingerprint density at radius 1 is 1.44 bits per heavy atom. The van der Waals surface area contributed by atoms with Crippen LogP contribution in [0.1, 0.15) is 19.4 Å². The van der Waals surface area contributed by atoms with Crippen molar-refractivity contribution in [3.63, 3.8) is 0 Å². The number of hydrogen-bond donors (Lipinski definition) is 0. The summed E-state index contributed by atoms with van der Waals surface area (Å²) in [6, 6.07) is 5.79. The Bertz CT molecular complexity index is 466. The molecule has 0 saturated heterocycles. The summed E-state index contributed by atoms with van der Waals surface area (Å²) in [5.41, 5.74) is 0.198. The molecule has 0 spiro atoms. The van der Waals surface area contributed by atoms with Gasteiger partial charge in [0.2, 0.25) is 0 Å². The van der Waals surface area contributed by atoms with E-state index in [0.29, 0.717) is 5.56 Å². The zero-order valence-electron chi connectivity index (χ0n) is 9.16. The van der Waals surface area contributed by atoms with Gasteiger partial charge in [0.15, 0.2) is 5.71 Å². The number of aliphatic imine (C=N–C) groups is 1. The molecule has 4 heteroatoms. The van der Waals surface area contributed by atoms with Crippen LogP contribution >= 0.6 is 0 Å². The fourth-order valence-electron chi connectivity index (χ4n) is 1.51. The molecule has 0 bridgehead atoms. The fraction of sp³-hybridized carbons (Fsp3) is 0.333. The summed E-state index contributed by atoms with van der Waals surface area (Å²) >= 11 is 0. The van der Waals surface area contributed by atoms with E-state index in [4.69, 9.17) is 4.74 Å². The lowest BCUT2D eigenvalue weighted by Gasteiger charge is -2.25. The van der Waals surface area contributed by atoms with Crippen molar-refractivity contribution in [2.45, 2.75) is 19.4 Å². The van der Waals surface area contributed by atoms with Gasteiger partial charge in [-0.2, -0.15) is 0 Å². The molecular formula is C12H12FNO2. The summed E-state index contributed by atoms with van der Waals surface area (Å²) in [4.78, 5) is 15.8. The normalized spacial score (nSPS) is 18.9. The highest BCUT2D eigenvalue weighted by Crippen LogP contribution is 2.18. The molecule has 1 heterocycles. The zero-order chi connectivity index (χ0) is 11.8. The fourth-order valence-corrected chi connectivity index (χ4v) is 1.51. The number of rotatable bonds is 1. The number of carbonyl (C=O) groups excluding carboxylic acids is 1. The number of halogens is 1. The van der Waals surface area contributed by atoms with Crippen LogP contribution < -0.4 is 0 Å². The third kappa shape index (κ3) is 2.10. The number of esters is 1. The number of benzene rings is 1. The summed E-state index contributed by atoms with van der Waals surface area (Å²) in [6.07, 6.45) is 0. The Balaban J connectivity index is 2.46. The number of cyclic esters (lactones) is 1. The van der Waals surface area contributed by atoms with Crippen molar-refractivity contribution in [3.8, 4) is 0 Å². The van der Waals surface area contributed by atoms with Crippen LogP contribution in [0, 0.1) is 5.82 Å². The number of carbonyl (C=O) groups is 1. The summed E-state index contributed by atoms with van der Waals surface area (Å²) < 4.78 is 18.0. The van der Waals surface area contributed by atoms with Crippen molar-refractivity contribution >= 4 is 11.7 Å². The Labute approximate surface area is 93.0 Å². The summed E-state index contributed by atoms with van der Waals surface area (Å²) in [6.45, 7) is 3.97. The molecule has 0 amide bonds. The second-order valence-corrected chi connectivity index (χ2v) is 4.36. The molecule has 1 aromatic rings. The van der Waals surface area contributed by atoms with Gasteiger partial charge in [-0.1, -0.05) is 12.1 Å². The van der Waals surface area contributed by atoms with E-state index in [1.165, 1.54) is 12.1 Å². The minimum atomic E-state index is -0.495. The first-order valence-electron chi connectivity index (χ1n) is 5.01. The molecule has 0 aliphatic carbocycles. The smallest absolute Gasteiger partial charge is 0.357 e. The highest BCUT2D eigenvalue weighted by Gasteiger charge is 2.29. The van der Waals surface area contributed by atoms with Crippen molar-refractivity contribution in [3.05, 3.63) is 35.6 Å². The highest BCUT2D eigenvalue weighted by molar-refractivity contribution is 6.43. The lowest BCUT2D eigenvalue weighted by Crippen LogP contribution is -2.37. The lowest BCUT2D eigenvalue weighted by molar-refractivity contribution is -0.138. The van der Waals surface area contributed by atoms with Gasteiger partial charge in [0.05, 0.1) is 5.54 Å². The maximum atomic E-state index is 13.0. The van der Waals surface area contributed by atoms with Crippen LogP contribution in [0.4, 0.5) is 4.39 Å². The van der Waals surface area contributed by atoms with Gasteiger partial charge in [-0.3, -0.25) is 4.99 Å². The van der Waals surface area contributed by atoms with Gasteiger partial charge in [0, 0.05) is 5.56 Å². The molecule has 84 valence electrons. The van der Waals surface area contributed by atoms with Crippen LogP contribution in [-0.2, 0) is 9.53 Å². The predicted octanol–water partition coefficient (Wildman–Crippen LogP) is 1.95. The van der Waals surface area contributed by atoms with Gasteiger partial charge in [0.25, 0.3) is 0 Å². The molecule has 0 N–H and O–H groups in total.